The lowest BCUT2D eigenvalue weighted by Crippen LogP contribution is -2.48. The van der Waals surface area contributed by atoms with E-state index in [-0.39, 0.29) is 36.0 Å². The lowest BCUT2D eigenvalue weighted by atomic mass is 10.0. The third-order valence-corrected chi connectivity index (χ3v) is 10.3. The second kappa shape index (κ2) is 21.6. The second-order valence-corrected chi connectivity index (χ2v) is 15.1. The van der Waals surface area contributed by atoms with Crippen LogP contribution in [0.1, 0.15) is 88.2 Å². The van der Waals surface area contributed by atoms with Gasteiger partial charge in [0, 0.05) is 64.3 Å². The Morgan fingerprint density at radius 3 is 2.47 bits per heavy atom. The number of nitrogen functional groups attached to an aromatic ring is 1. The highest BCUT2D eigenvalue weighted by Crippen LogP contribution is 2.25. The van der Waals surface area contributed by atoms with Gasteiger partial charge in [0.1, 0.15) is 17.0 Å². The minimum absolute atomic E-state index is 0.0202. The molecule has 4 N–H and O–H groups in total. The third-order valence-electron chi connectivity index (χ3n) is 10.3. The van der Waals surface area contributed by atoms with Gasteiger partial charge in [0.15, 0.2) is 5.82 Å². The summed E-state index contributed by atoms with van der Waals surface area (Å²) >= 11 is 0. The van der Waals surface area contributed by atoms with Crippen LogP contribution in [0.5, 0.6) is 0 Å². The quantitative estimate of drug-likeness (QED) is 0.0915. The molecule has 57 heavy (non-hydrogen) atoms. The number of piperazine rings is 1. The van der Waals surface area contributed by atoms with Crippen LogP contribution in [-0.4, -0.2) is 116 Å². The number of Topliss-reactive ketones (excluding diaryl/α,β-unsaturated/α-hetero) is 1. The zero-order valence-corrected chi connectivity index (χ0v) is 34.3. The van der Waals surface area contributed by atoms with Gasteiger partial charge >= 0.3 is 0 Å². The molecule has 0 saturated carbocycles. The summed E-state index contributed by atoms with van der Waals surface area (Å²) in [5.41, 5.74) is 12.2. The summed E-state index contributed by atoms with van der Waals surface area (Å²) in [4.78, 5) is 49.8. The first-order chi connectivity index (χ1) is 27.5. The van der Waals surface area contributed by atoms with Crippen LogP contribution in [0, 0.1) is 12.8 Å². The predicted octanol–water partition coefficient (Wildman–Crippen LogP) is 4.12. The fourth-order valence-corrected chi connectivity index (χ4v) is 6.96. The van der Waals surface area contributed by atoms with E-state index in [1.807, 2.05) is 17.9 Å². The number of rotatable bonds is 23. The molecule has 0 bridgehead atoms. The van der Waals surface area contributed by atoms with Crippen LogP contribution in [0.25, 0.3) is 11.0 Å². The number of nitrogens with zero attached hydrogens (tertiary/aromatic N) is 8. The molecule has 0 aliphatic carbocycles. The molecule has 16 nitrogen and oxygen atoms in total. The van der Waals surface area contributed by atoms with E-state index in [0.29, 0.717) is 64.7 Å². The molecule has 16 heteroatoms. The van der Waals surface area contributed by atoms with Crippen molar-refractivity contribution in [2.45, 2.75) is 92.4 Å². The average molecular weight is 788 g/mol. The maximum Gasteiger partial charge on any atom is 0.224 e. The summed E-state index contributed by atoms with van der Waals surface area (Å²) in [6, 6.07) is 8.37. The number of hydrogen-bond acceptors (Lipinski definition) is 12. The summed E-state index contributed by atoms with van der Waals surface area (Å²) < 4.78 is 15.2. The van der Waals surface area contributed by atoms with Gasteiger partial charge in [-0.3, -0.25) is 14.5 Å². The first-order valence-electron chi connectivity index (χ1n) is 20.3. The van der Waals surface area contributed by atoms with E-state index in [1.54, 1.807) is 17.8 Å². The van der Waals surface area contributed by atoms with Crippen LogP contribution in [0.4, 0.5) is 11.8 Å². The fraction of sp³-hybridized carbons (Fsp3) is 0.585. The van der Waals surface area contributed by atoms with Crippen LogP contribution >= 0.6 is 0 Å². The minimum Gasteiger partial charge on any atom is -0.379 e. The van der Waals surface area contributed by atoms with Gasteiger partial charge in [-0.15, -0.1) is 5.10 Å². The Hall–Kier alpha value is -4.93. The number of ether oxygens (including phenoxy) is 2. The molecule has 1 aliphatic heterocycles. The lowest BCUT2D eigenvalue weighted by Gasteiger charge is -2.35. The monoisotopic (exact) mass is 787 g/mol. The van der Waals surface area contributed by atoms with Gasteiger partial charge in [-0.1, -0.05) is 50.1 Å². The van der Waals surface area contributed by atoms with Crippen molar-refractivity contribution in [3.05, 3.63) is 59.0 Å². The molecule has 1 saturated heterocycles. The van der Waals surface area contributed by atoms with Crippen molar-refractivity contribution in [2.24, 2.45) is 5.92 Å². The number of ketones is 1. The molecule has 1 fully saturated rings. The smallest absolute Gasteiger partial charge is 0.224 e. The van der Waals surface area contributed by atoms with E-state index in [2.05, 4.69) is 78.6 Å². The van der Waals surface area contributed by atoms with Crippen molar-refractivity contribution < 1.29 is 23.9 Å². The molecular formula is C41H61N11O5. The Kier molecular flexibility index (Phi) is 16.3. The van der Waals surface area contributed by atoms with Crippen molar-refractivity contribution in [1.82, 2.24) is 44.6 Å². The van der Waals surface area contributed by atoms with E-state index < -0.39 is 5.92 Å². The van der Waals surface area contributed by atoms with E-state index in [1.165, 1.54) is 30.0 Å². The molecule has 0 radical (unpaired) electrons. The van der Waals surface area contributed by atoms with Gasteiger partial charge in [0.25, 0.3) is 0 Å². The minimum atomic E-state index is -0.393. The van der Waals surface area contributed by atoms with Gasteiger partial charge in [-0.25, -0.2) is 9.67 Å². The number of anilines is 2. The van der Waals surface area contributed by atoms with E-state index in [4.69, 9.17) is 15.2 Å². The summed E-state index contributed by atoms with van der Waals surface area (Å²) in [5.74, 6) is 0.572. The van der Waals surface area contributed by atoms with Crippen molar-refractivity contribution in [3.8, 4) is 0 Å². The van der Waals surface area contributed by atoms with Crippen LogP contribution < -0.4 is 16.4 Å². The average Bonchev–Trinajstić information content (AvgIpc) is 3.82. The number of aromatic nitrogens is 6. The Bertz CT molecular complexity index is 1920. The number of unbranched alkanes of at least 4 members (excludes halogenated alkanes) is 2. The van der Waals surface area contributed by atoms with Gasteiger partial charge in [0.2, 0.25) is 17.8 Å². The number of hydrogen-bond donors (Lipinski definition) is 3. The molecule has 310 valence electrons. The number of nitrogens with two attached hydrogens (primary N) is 1. The van der Waals surface area contributed by atoms with Crippen LogP contribution in [0.3, 0.4) is 0 Å². The highest BCUT2D eigenvalue weighted by molar-refractivity contribution is 5.88. The van der Waals surface area contributed by atoms with Crippen molar-refractivity contribution in [1.29, 1.82) is 0 Å². The Balaban J connectivity index is 0.951. The summed E-state index contributed by atoms with van der Waals surface area (Å²) in [5, 5.41) is 14.6. The molecule has 3 aromatic heterocycles. The maximum atomic E-state index is 12.9. The van der Waals surface area contributed by atoms with Crippen molar-refractivity contribution in [2.75, 3.05) is 70.2 Å². The Morgan fingerprint density at radius 2 is 1.74 bits per heavy atom. The van der Waals surface area contributed by atoms with Gasteiger partial charge in [0.05, 0.1) is 57.1 Å². The van der Waals surface area contributed by atoms with Crippen LogP contribution in [-0.2, 0) is 43.5 Å². The largest absolute Gasteiger partial charge is 0.379 e. The van der Waals surface area contributed by atoms with Crippen LogP contribution in [0.15, 0.2) is 36.7 Å². The maximum absolute atomic E-state index is 12.9. The summed E-state index contributed by atoms with van der Waals surface area (Å²) in [6.45, 7) is 16.9. The highest BCUT2D eigenvalue weighted by atomic mass is 16.5. The molecule has 5 rings (SSSR count). The SMILES string of the molecule is CCCCCNc1nc(N)nc2ccn(Cc3ccc(CN4CCN(C(=O)CCOCCOCCn5cc(C(C)NC(=O)C(C)CC(C)=O)nn5)CC4)cc3C)c12. The molecular weight excluding hydrogens is 727 g/mol. The van der Waals surface area contributed by atoms with E-state index >= 15 is 0 Å². The number of carbonyl (C=O) groups excluding carboxylic acids is 3. The first kappa shape index (κ1) is 43.2. The molecule has 2 unspecified atom stereocenters. The molecule has 4 heterocycles. The van der Waals surface area contributed by atoms with E-state index in [0.717, 1.165) is 55.9 Å². The lowest BCUT2D eigenvalue weighted by molar-refractivity contribution is -0.134. The second-order valence-electron chi connectivity index (χ2n) is 15.1. The Morgan fingerprint density at radius 1 is 0.965 bits per heavy atom. The number of benzene rings is 1. The number of nitrogens with one attached hydrogen (secondary N) is 2. The predicted molar refractivity (Wildman–Crippen MR) is 219 cm³/mol. The third kappa shape index (κ3) is 13.1. The van der Waals surface area contributed by atoms with Crippen molar-refractivity contribution in [3.63, 3.8) is 0 Å². The van der Waals surface area contributed by atoms with E-state index in [9.17, 15) is 14.4 Å². The zero-order valence-electron chi connectivity index (χ0n) is 34.3. The van der Waals surface area contributed by atoms with Crippen molar-refractivity contribution >= 4 is 40.4 Å². The summed E-state index contributed by atoms with van der Waals surface area (Å²) in [6.07, 6.45) is 7.79. The first-order valence-corrected chi connectivity index (χ1v) is 20.3. The normalized spacial score (nSPS) is 14.5. The number of aryl methyl sites for hydroxylation is 1. The zero-order chi connectivity index (χ0) is 40.7. The summed E-state index contributed by atoms with van der Waals surface area (Å²) in [7, 11) is 0. The molecule has 1 aliphatic rings. The molecule has 2 atom stereocenters. The topological polar surface area (TPSA) is 188 Å². The standard InChI is InChI=1S/C41H61N11O5/c1-6-7-8-13-43-39-38-35(45-41(42)46-39)11-14-51(38)27-34-10-9-33(25-29(34)2)26-49-15-17-50(18-16-49)37(54)12-20-56-22-23-57-21-19-52-28-36(47-48-52)32(5)44-40(55)30(3)24-31(4)53/h9-11,14,25,28,30,32H,6-8,12-13,15-24,26-27H2,1-5H3,(H,44,55)(H3,42,43,45,46). The van der Waals surface area contributed by atoms with Gasteiger partial charge in [-0.2, -0.15) is 4.98 Å². The van der Waals surface area contributed by atoms with Crippen LogP contribution in [0.2, 0.25) is 0 Å². The number of amides is 2. The Labute approximate surface area is 335 Å². The number of carbonyl (C=O) groups is 3. The molecule has 1 aromatic carbocycles. The highest BCUT2D eigenvalue weighted by Gasteiger charge is 2.22. The fourth-order valence-electron chi connectivity index (χ4n) is 6.96. The molecule has 4 aromatic rings. The molecule has 0 spiro atoms. The molecule has 2 amide bonds. The van der Waals surface area contributed by atoms with Gasteiger partial charge in [-0.05, 0) is 49.9 Å². The van der Waals surface area contributed by atoms with Gasteiger partial charge < -0.3 is 40.1 Å². The number of fused-ring (bicyclic) bond motifs is 1.